The molecule has 0 atom stereocenters. The second-order valence-electron chi connectivity index (χ2n) is 11.2. The van der Waals surface area contributed by atoms with E-state index in [-0.39, 0.29) is 18.9 Å². The number of aliphatic hydroxyl groups is 1. The molecule has 0 unspecified atom stereocenters. The molecule has 7 nitrogen and oxygen atoms in total. The van der Waals surface area contributed by atoms with Crippen molar-refractivity contribution in [3.8, 4) is 0 Å². The Morgan fingerprint density at radius 1 is 0.641 bits per heavy atom. The Bertz CT molecular complexity index is 489. The van der Waals surface area contributed by atoms with Crippen LogP contribution < -0.4 is 0 Å². The van der Waals surface area contributed by atoms with Crippen LogP contribution in [0.3, 0.4) is 0 Å². The lowest BCUT2D eigenvalue weighted by Gasteiger charge is -2.22. The molecule has 0 aliphatic heterocycles. The van der Waals surface area contributed by atoms with E-state index in [2.05, 4.69) is 37.7 Å². The van der Waals surface area contributed by atoms with Crippen molar-refractivity contribution < 1.29 is 24.1 Å². The summed E-state index contributed by atoms with van der Waals surface area (Å²) in [5.41, 5.74) is 0. The van der Waals surface area contributed by atoms with Gasteiger partial charge in [0.05, 0.1) is 13.2 Å². The Morgan fingerprint density at radius 2 is 1.18 bits per heavy atom. The van der Waals surface area contributed by atoms with Gasteiger partial charge in [0, 0.05) is 32.6 Å². The molecule has 7 heteroatoms. The molecule has 0 spiro atoms. The molecule has 0 amide bonds. The van der Waals surface area contributed by atoms with Gasteiger partial charge in [-0.2, -0.15) is 0 Å². The molecule has 0 fully saturated rings. The van der Waals surface area contributed by atoms with Crippen molar-refractivity contribution >= 4 is 5.97 Å². The number of hydrogen-bond donors (Lipinski definition) is 1. The van der Waals surface area contributed by atoms with Gasteiger partial charge in [-0.15, -0.1) is 0 Å². The molecule has 0 rings (SSSR count). The van der Waals surface area contributed by atoms with Gasteiger partial charge in [-0.25, -0.2) is 0 Å². The first-order valence-electron chi connectivity index (χ1n) is 16.4. The molecular weight excluding hydrogens is 492 g/mol. The Labute approximate surface area is 242 Å². The van der Waals surface area contributed by atoms with Gasteiger partial charge >= 0.3 is 5.97 Å². The Morgan fingerprint density at radius 3 is 1.74 bits per heavy atom. The molecule has 0 aromatic carbocycles. The van der Waals surface area contributed by atoms with Gasteiger partial charge in [-0.3, -0.25) is 4.79 Å². The highest BCUT2D eigenvalue weighted by Crippen LogP contribution is 2.11. The topological polar surface area (TPSA) is 71.5 Å². The maximum absolute atomic E-state index is 12.2. The van der Waals surface area contributed by atoms with E-state index in [1.807, 2.05) is 0 Å². The molecule has 0 bridgehead atoms. The molecule has 0 aromatic rings. The summed E-state index contributed by atoms with van der Waals surface area (Å²) in [7, 11) is 4.17. The van der Waals surface area contributed by atoms with Gasteiger partial charge in [-0.1, -0.05) is 84.5 Å². The predicted molar refractivity (Wildman–Crippen MR) is 163 cm³/mol. The standard InChI is InChI=1S/C32H66N2O5/c1-5-7-9-11-13-18-28-38-32(39-29-19-14-12-10-8-6-2)22-30-37-31(36)21-16-15-17-24-34(26-27-35)25-20-23-33(3)4/h32,35H,5-30H2,1-4H3. The van der Waals surface area contributed by atoms with Crippen molar-refractivity contribution in [1.29, 1.82) is 0 Å². The number of esters is 1. The fraction of sp³-hybridized carbons (Fsp3) is 0.969. The van der Waals surface area contributed by atoms with Crippen LogP contribution in [0.5, 0.6) is 0 Å². The summed E-state index contributed by atoms with van der Waals surface area (Å²) in [6.45, 7) is 10.2. The molecule has 0 saturated heterocycles. The zero-order valence-corrected chi connectivity index (χ0v) is 26.4. The van der Waals surface area contributed by atoms with E-state index in [1.165, 1.54) is 64.2 Å². The number of rotatable bonds is 31. The van der Waals surface area contributed by atoms with E-state index in [0.29, 0.717) is 32.7 Å². The van der Waals surface area contributed by atoms with Crippen LogP contribution in [0.15, 0.2) is 0 Å². The van der Waals surface area contributed by atoms with Crippen LogP contribution >= 0.6 is 0 Å². The SMILES string of the molecule is CCCCCCCCOC(CCOC(=O)CCCCCN(CCO)CCCN(C)C)OCCCCCCCC. The Balaban J connectivity index is 4.11. The lowest BCUT2D eigenvalue weighted by atomic mass is 10.1. The van der Waals surface area contributed by atoms with Crippen LogP contribution in [0, 0.1) is 0 Å². The molecule has 0 heterocycles. The number of aliphatic hydroxyl groups excluding tert-OH is 1. The maximum Gasteiger partial charge on any atom is 0.305 e. The molecule has 39 heavy (non-hydrogen) atoms. The molecule has 234 valence electrons. The van der Waals surface area contributed by atoms with Crippen LogP contribution in [-0.4, -0.2) is 93.9 Å². The van der Waals surface area contributed by atoms with Crippen molar-refractivity contribution in [1.82, 2.24) is 9.80 Å². The minimum atomic E-state index is -0.283. The number of carbonyl (C=O) groups excluding carboxylic acids is 1. The average Bonchev–Trinajstić information content (AvgIpc) is 2.91. The summed E-state index contributed by atoms with van der Waals surface area (Å²) in [6, 6.07) is 0. The number of carbonyl (C=O) groups is 1. The first kappa shape index (κ1) is 38.3. The zero-order valence-electron chi connectivity index (χ0n) is 26.4. The van der Waals surface area contributed by atoms with Crippen molar-refractivity contribution in [2.75, 3.05) is 66.7 Å². The fourth-order valence-corrected chi connectivity index (χ4v) is 4.62. The van der Waals surface area contributed by atoms with Crippen molar-refractivity contribution in [3.63, 3.8) is 0 Å². The number of hydrogen-bond acceptors (Lipinski definition) is 7. The quantitative estimate of drug-likeness (QED) is 0.0569. The van der Waals surface area contributed by atoms with Crippen LogP contribution in [0.25, 0.3) is 0 Å². The predicted octanol–water partition coefficient (Wildman–Crippen LogP) is 6.81. The third-order valence-corrected chi connectivity index (χ3v) is 7.07. The number of unbranched alkanes of at least 4 members (excludes halogenated alkanes) is 12. The van der Waals surface area contributed by atoms with Gasteiger partial charge in [0.1, 0.15) is 0 Å². The summed E-state index contributed by atoms with van der Waals surface area (Å²) < 4.78 is 17.6. The van der Waals surface area contributed by atoms with E-state index in [0.717, 1.165) is 64.7 Å². The Hall–Kier alpha value is -0.730. The van der Waals surface area contributed by atoms with Crippen LogP contribution in [0.4, 0.5) is 0 Å². The van der Waals surface area contributed by atoms with Crippen molar-refractivity contribution in [3.05, 3.63) is 0 Å². The first-order valence-corrected chi connectivity index (χ1v) is 16.4. The molecule has 0 aromatic heterocycles. The second-order valence-corrected chi connectivity index (χ2v) is 11.2. The number of nitrogens with zero attached hydrogens (tertiary/aromatic N) is 2. The van der Waals surface area contributed by atoms with E-state index in [4.69, 9.17) is 14.2 Å². The van der Waals surface area contributed by atoms with E-state index in [9.17, 15) is 9.90 Å². The third-order valence-electron chi connectivity index (χ3n) is 7.07. The molecule has 0 radical (unpaired) electrons. The zero-order chi connectivity index (χ0) is 28.8. The summed E-state index contributed by atoms with van der Waals surface area (Å²) in [6.07, 6.45) is 19.6. The first-order chi connectivity index (χ1) is 19.0. The van der Waals surface area contributed by atoms with Crippen LogP contribution in [-0.2, 0) is 19.0 Å². The fourth-order valence-electron chi connectivity index (χ4n) is 4.62. The lowest BCUT2D eigenvalue weighted by Crippen LogP contribution is -2.31. The molecule has 0 aliphatic rings. The molecular formula is C32H66N2O5. The third kappa shape index (κ3) is 28.6. The van der Waals surface area contributed by atoms with E-state index in [1.54, 1.807) is 0 Å². The Kier molecular flexibility index (Phi) is 29.7. The monoisotopic (exact) mass is 558 g/mol. The summed E-state index contributed by atoms with van der Waals surface area (Å²) in [5, 5.41) is 9.31. The van der Waals surface area contributed by atoms with E-state index < -0.39 is 0 Å². The normalized spacial score (nSPS) is 11.8. The van der Waals surface area contributed by atoms with Gasteiger partial charge in [0.2, 0.25) is 0 Å². The largest absolute Gasteiger partial charge is 0.465 e. The van der Waals surface area contributed by atoms with Gasteiger partial charge in [0.25, 0.3) is 0 Å². The average molecular weight is 559 g/mol. The summed E-state index contributed by atoms with van der Waals surface area (Å²) in [5.74, 6) is -0.126. The number of ether oxygens (including phenoxy) is 3. The van der Waals surface area contributed by atoms with Crippen molar-refractivity contribution in [2.45, 2.75) is 136 Å². The summed E-state index contributed by atoms with van der Waals surface area (Å²) >= 11 is 0. The van der Waals surface area contributed by atoms with E-state index >= 15 is 0 Å². The van der Waals surface area contributed by atoms with Gasteiger partial charge < -0.3 is 29.1 Å². The van der Waals surface area contributed by atoms with Crippen molar-refractivity contribution in [2.24, 2.45) is 0 Å². The highest BCUT2D eigenvalue weighted by Gasteiger charge is 2.12. The molecule has 1 N–H and O–H groups in total. The van der Waals surface area contributed by atoms with Crippen LogP contribution in [0.2, 0.25) is 0 Å². The lowest BCUT2D eigenvalue weighted by molar-refractivity contribution is -0.161. The molecule has 0 aliphatic carbocycles. The highest BCUT2D eigenvalue weighted by molar-refractivity contribution is 5.69. The smallest absolute Gasteiger partial charge is 0.305 e. The van der Waals surface area contributed by atoms with Gasteiger partial charge in [0.15, 0.2) is 6.29 Å². The highest BCUT2D eigenvalue weighted by atomic mass is 16.7. The minimum absolute atomic E-state index is 0.126. The van der Waals surface area contributed by atoms with Gasteiger partial charge in [-0.05, 0) is 65.8 Å². The second kappa shape index (κ2) is 30.2. The summed E-state index contributed by atoms with van der Waals surface area (Å²) in [4.78, 5) is 16.8. The molecule has 0 saturated carbocycles. The van der Waals surface area contributed by atoms with Crippen LogP contribution in [0.1, 0.15) is 129 Å². The maximum atomic E-state index is 12.2. The minimum Gasteiger partial charge on any atom is -0.465 e.